The topological polar surface area (TPSA) is 61.0 Å². The summed E-state index contributed by atoms with van der Waals surface area (Å²) in [6.45, 7) is 4.51. The van der Waals surface area contributed by atoms with E-state index in [4.69, 9.17) is 10.5 Å². The van der Waals surface area contributed by atoms with Crippen molar-refractivity contribution in [2.45, 2.75) is 39.3 Å². The summed E-state index contributed by atoms with van der Waals surface area (Å²) in [5.41, 5.74) is 7.39. The molecule has 0 aliphatic carbocycles. The van der Waals surface area contributed by atoms with E-state index in [1.165, 1.54) is 0 Å². The van der Waals surface area contributed by atoms with Crippen molar-refractivity contribution in [2.24, 2.45) is 5.73 Å². The summed E-state index contributed by atoms with van der Waals surface area (Å²) in [5, 5.41) is 0. The van der Waals surface area contributed by atoms with Gasteiger partial charge in [-0.15, -0.1) is 0 Å². The van der Waals surface area contributed by atoms with Crippen molar-refractivity contribution in [2.75, 3.05) is 7.11 Å². The summed E-state index contributed by atoms with van der Waals surface area (Å²) in [4.78, 5) is 8.76. The Kier molecular flexibility index (Phi) is 4.65. The van der Waals surface area contributed by atoms with E-state index in [1.54, 1.807) is 7.11 Å². The van der Waals surface area contributed by atoms with E-state index in [-0.39, 0.29) is 6.10 Å². The van der Waals surface area contributed by atoms with Crippen LogP contribution in [0.2, 0.25) is 0 Å². The molecule has 0 saturated heterocycles. The van der Waals surface area contributed by atoms with Gasteiger partial charge in [0.1, 0.15) is 6.10 Å². The summed E-state index contributed by atoms with van der Waals surface area (Å²) in [5.74, 6) is 0.750. The Labute approximate surface area is 90.9 Å². The Morgan fingerprint density at radius 1 is 1.47 bits per heavy atom. The number of ether oxygens (including phenoxy) is 1. The molecule has 0 fully saturated rings. The first kappa shape index (κ1) is 12.1. The fourth-order valence-corrected chi connectivity index (χ4v) is 1.52. The molecule has 0 saturated carbocycles. The maximum atomic E-state index is 5.57. The number of hydrogen-bond acceptors (Lipinski definition) is 4. The molecule has 0 aliphatic rings. The molecule has 0 radical (unpaired) electrons. The lowest BCUT2D eigenvalue weighted by atomic mass is 10.2. The van der Waals surface area contributed by atoms with Crippen LogP contribution in [0.15, 0.2) is 6.07 Å². The van der Waals surface area contributed by atoms with Gasteiger partial charge in [-0.2, -0.15) is 0 Å². The number of nitrogens with two attached hydrogens (primary N) is 1. The van der Waals surface area contributed by atoms with Crippen molar-refractivity contribution in [3.05, 3.63) is 23.3 Å². The number of methoxy groups -OCH3 is 1. The molecule has 4 heteroatoms. The Morgan fingerprint density at radius 2 is 2.20 bits per heavy atom. The first-order valence-corrected chi connectivity index (χ1v) is 5.28. The third-order valence-corrected chi connectivity index (χ3v) is 2.26. The van der Waals surface area contributed by atoms with Crippen molar-refractivity contribution in [3.63, 3.8) is 0 Å². The molecular formula is C11H19N3O. The van der Waals surface area contributed by atoms with Gasteiger partial charge in [-0.25, -0.2) is 9.97 Å². The largest absolute Gasteiger partial charge is 0.373 e. The first-order chi connectivity index (χ1) is 7.21. The molecule has 15 heavy (non-hydrogen) atoms. The molecule has 1 atom stereocenters. The molecule has 0 aliphatic heterocycles. The number of aryl methyl sites for hydroxylation is 1. The highest BCUT2D eigenvalue weighted by molar-refractivity contribution is 5.11. The monoisotopic (exact) mass is 209 g/mol. The van der Waals surface area contributed by atoms with Crippen molar-refractivity contribution < 1.29 is 4.74 Å². The second-order valence-electron chi connectivity index (χ2n) is 3.58. The van der Waals surface area contributed by atoms with E-state index >= 15 is 0 Å². The molecule has 1 aromatic rings. The van der Waals surface area contributed by atoms with Gasteiger partial charge in [-0.3, -0.25) is 0 Å². The van der Waals surface area contributed by atoms with Crippen molar-refractivity contribution in [1.29, 1.82) is 0 Å². The minimum atomic E-state index is -0.0137. The SMILES string of the molecule is CCCC(OC)c1nc(C)cc(CN)n1. The quantitative estimate of drug-likeness (QED) is 0.802. The predicted octanol–water partition coefficient (Wildman–Crippen LogP) is 1.73. The van der Waals surface area contributed by atoms with Gasteiger partial charge >= 0.3 is 0 Å². The molecule has 84 valence electrons. The van der Waals surface area contributed by atoms with E-state index in [0.29, 0.717) is 6.54 Å². The van der Waals surface area contributed by atoms with Crippen LogP contribution >= 0.6 is 0 Å². The Bertz CT molecular complexity index is 315. The summed E-state index contributed by atoms with van der Waals surface area (Å²) in [6, 6.07) is 1.90. The predicted molar refractivity (Wildman–Crippen MR) is 59.3 cm³/mol. The van der Waals surface area contributed by atoms with Gasteiger partial charge in [0.05, 0.1) is 5.69 Å². The maximum absolute atomic E-state index is 5.57. The van der Waals surface area contributed by atoms with E-state index in [0.717, 1.165) is 30.1 Å². The minimum Gasteiger partial charge on any atom is -0.373 e. The fourth-order valence-electron chi connectivity index (χ4n) is 1.52. The highest BCUT2D eigenvalue weighted by Gasteiger charge is 2.13. The highest BCUT2D eigenvalue weighted by atomic mass is 16.5. The van der Waals surface area contributed by atoms with Crippen LogP contribution in [0.4, 0.5) is 0 Å². The van der Waals surface area contributed by atoms with Crippen LogP contribution in [0.1, 0.15) is 43.1 Å². The second-order valence-corrected chi connectivity index (χ2v) is 3.58. The number of nitrogens with zero attached hydrogens (tertiary/aromatic N) is 2. The minimum absolute atomic E-state index is 0.0137. The zero-order valence-electron chi connectivity index (χ0n) is 9.66. The number of hydrogen-bond donors (Lipinski definition) is 1. The summed E-state index contributed by atoms with van der Waals surface area (Å²) in [7, 11) is 1.69. The molecular weight excluding hydrogens is 190 g/mol. The third kappa shape index (κ3) is 3.25. The van der Waals surface area contributed by atoms with Crippen LogP contribution in [-0.2, 0) is 11.3 Å². The van der Waals surface area contributed by atoms with Crippen LogP contribution in [0.25, 0.3) is 0 Å². The molecule has 0 bridgehead atoms. The molecule has 1 heterocycles. The lowest BCUT2D eigenvalue weighted by molar-refractivity contribution is 0.0872. The van der Waals surface area contributed by atoms with Gasteiger partial charge in [-0.1, -0.05) is 13.3 Å². The number of rotatable bonds is 5. The van der Waals surface area contributed by atoms with Gasteiger partial charge in [0.15, 0.2) is 5.82 Å². The van der Waals surface area contributed by atoms with E-state index in [9.17, 15) is 0 Å². The lowest BCUT2D eigenvalue weighted by Crippen LogP contribution is -2.11. The zero-order chi connectivity index (χ0) is 11.3. The Morgan fingerprint density at radius 3 is 2.73 bits per heavy atom. The van der Waals surface area contributed by atoms with Crippen molar-refractivity contribution >= 4 is 0 Å². The Hall–Kier alpha value is -1.00. The van der Waals surface area contributed by atoms with Crippen molar-refractivity contribution in [3.8, 4) is 0 Å². The summed E-state index contributed by atoms with van der Waals surface area (Å²) in [6.07, 6.45) is 1.97. The van der Waals surface area contributed by atoms with Gasteiger partial charge in [-0.05, 0) is 19.4 Å². The van der Waals surface area contributed by atoms with Gasteiger partial charge < -0.3 is 10.5 Å². The third-order valence-electron chi connectivity index (χ3n) is 2.26. The molecule has 2 N–H and O–H groups in total. The second kappa shape index (κ2) is 5.78. The smallest absolute Gasteiger partial charge is 0.157 e. The van der Waals surface area contributed by atoms with Gasteiger partial charge in [0.25, 0.3) is 0 Å². The zero-order valence-corrected chi connectivity index (χ0v) is 9.66. The summed E-state index contributed by atoms with van der Waals surface area (Å²) < 4.78 is 5.37. The maximum Gasteiger partial charge on any atom is 0.157 e. The molecule has 1 aromatic heterocycles. The van der Waals surface area contributed by atoms with Gasteiger partial charge in [0.2, 0.25) is 0 Å². The molecule has 1 rings (SSSR count). The van der Waals surface area contributed by atoms with E-state index < -0.39 is 0 Å². The van der Waals surface area contributed by atoms with Crippen LogP contribution in [0, 0.1) is 6.92 Å². The van der Waals surface area contributed by atoms with Crippen LogP contribution < -0.4 is 5.73 Å². The van der Waals surface area contributed by atoms with Crippen LogP contribution in [-0.4, -0.2) is 17.1 Å². The average Bonchev–Trinajstić information content (AvgIpc) is 2.24. The average molecular weight is 209 g/mol. The van der Waals surface area contributed by atoms with Crippen LogP contribution in [0.5, 0.6) is 0 Å². The summed E-state index contributed by atoms with van der Waals surface area (Å²) >= 11 is 0. The molecule has 0 aromatic carbocycles. The van der Waals surface area contributed by atoms with E-state index in [2.05, 4.69) is 16.9 Å². The lowest BCUT2D eigenvalue weighted by Gasteiger charge is -2.14. The van der Waals surface area contributed by atoms with Crippen molar-refractivity contribution in [1.82, 2.24) is 9.97 Å². The van der Waals surface area contributed by atoms with E-state index in [1.807, 2.05) is 13.0 Å². The molecule has 4 nitrogen and oxygen atoms in total. The first-order valence-electron chi connectivity index (χ1n) is 5.28. The standard InChI is InChI=1S/C11H19N3O/c1-4-5-10(15-3)11-13-8(2)6-9(7-12)14-11/h6,10H,4-5,7,12H2,1-3H3. The Balaban J connectivity index is 2.95. The fraction of sp³-hybridized carbons (Fsp3) is 0.636. The molecule has 1 unspecified atom stereocenters. The highest BCUT2D eigenvalue weighted by Crippen LogP contribution is 2.18. The number of aromatic nitrogens is 2. The van der Waals surface area contributed by atoms with Crippen LogP contribution in [0.3, 0.4) is 0 Å². The normalized spacial score (nSPS) is 12.8. The molecule has 0 amide bonds. The van der Waals surface area contributed by atoms with Gasteiger partial charge in [0, 0.05) is 19.3 Å². The molecule has 0 spiro atoms.